The van der Waals surface area contributed by atoms with Crippen molar-refractivity contribution in [3.63, 3.8) is 0 Å². The SMILES string of the molecule is COCCN1CCC(N2CCCN(C(=O)COc3ccc(F)cc3)CC2)C1=O. The second kappa shape index (κ2) is 9.84. The van der Waals surface area contributed by atoms with Gasteiger partial charge in [-0.05, 0) is 37.1 Å². The lowest BCUT2D eigenvalue weighted by molar-refractivity contribution is -0.133. The quantitative estimate of drug-likeness (QED) is 0.691. The first kappa shape index (κ1) is 20.5. The number of rotatable bonds is 7. The van der Waals surface area contributed by atoms with Crippen molar-refractivity contribution in [2.45, 2.75) is 18.9 Å². The summed E-state index contributed by atoms with van der Waals surface area (Å²) in [5, 5.41) is 0. The van der Waals surface area contributed by atoms with Crippen LogP contribution >= 0.6 is 0 Å². The lowest BCUT2D eigenvalue weighted by atomic mass is 10.2. The lowest BCUT2D eigenvalue weighted by Crippen LogP contribution is -2.44. The Hall–Kier alpha value is -2.19. The molecule has 154 valence electrons. The van der Waals surface area contributed by atoms with Gasteiger partial charge in [-0.3, -0.25) is 14.5 Å². The van der Waals surface area contributed by atoms with E-state index in [1.54, 1.807) is 12.0 Å². The van der Waals surface area contributed by atoms with Crippen molar-refractivity contribution >= 4 is 11.8 Å². The number of ether oxygens (including phenoxy) is 2. The van der Waals surface area contributed by atoms with Crippen LogP contribution in [0.3, 0.4) is 0 Å². The van der Waals surface area contributed by atoms with Crippen LogP contribution < -0.4 is 4.74 Å². The van der Waals surface area contributed by atoms with Gasteiger partial charge in [-0.1, -0.05) is 0 Å². The molecule has 0 aliphatic carbocycles. The molecule has 2 fully saturated rings. The van der Waals surface area contributed by atoms with Gasteiger partial charge in [0.05, 0.1) is 12.6 Å². The highest BCUT2D eigenvalue weighted by Gasteiger charge is 2.36. The first-order valence-corrected chi connectivity index (χ1v) is 9.76. The smallest absolute Gasteiger partial charge is 0.260 e. The number of hydrogen-bond donors (Lipinski definition) is 0. The Morgan fingerprint density at radius 2 is 1.93 bits per heavy atom. The summed E-state index contributed by atoms with van der Waals surface area (Å²) in [5.74, 6) is 0.203. The molecule has 3 rings (SSSR count). The second-order valence-electron chi connectivity index (χ2n) is 7.14. The van der Waals surface area contributed by atoms with Crippen LogP contribution in [0.1, 0.15) is 12.8 Å². The molecule has 1 unspecified atom stereocenters. The standard InChI is InChI=1S/C20H28FN3O4/c1-27-14-13-24-10-7-18(20(24)26)22-8-2-9-23(12-11-22)19(25)15-28-17-5-3-16(21)4-6-17/h3-6,18H,2,7-15H2,1H3. The van der Waals surface area contributed by atoms with Gasteiger partial charge in [0.15, 0.2) is 6.61 Å². The maximum absolute atomic E-state index is 12.9. The fourth-order valence-electron chi connectivity index (χ4n) is 3.75. The molecule has 2 heterocycles. The highest BCUT2D eigenvalue weighted by Crippen LogP contribution is 2.19. The van der Waals surface area contributed by atoms with Gasteiger partial charge in [0.2, 0.25) is 5.91 Å². The normalized spacial score (nSPS) is 21.1. The van der Waals surface area contributed by atoms with Crippen molar-refractivity contribution in [1.29, 1.82) is 0 Å². The Bertz CT molecular complexity index is 670. The van der Waals surface area contributed by atoms with Crippen LogP contribution in [-0.2, 0) is 14.3 Å². The van der Waals surface area contributed by atoms with Gasteiger partial charge in [-0.15, -0.1) is 0 Å². The Labute approximate surface area is 165 Å². The minimum absolute atomic E-state index is 0.0706. The number of benzene rings is 1. The summed E-state index contributed by atoms with van der Waals surface area (Å²) in [6, 6.07) is 5.53. The van der Waals surface area contributed by atoms with Gasteiger partial charge in [-0.25, -0.2) is 4.39 Å². The summed E-state index contributed by atoms with van der Waals surface area (Å²) in [6.07, 6.45) is 1.65. The summed E-state index contributed by atoms with van der Waals surface area (Å²) >= 11 is 0. The van der Waals surface area contributed by atoms with Crippen LogP contribution in [0.5, 0.6) is 5.75 Å². The van der Waals surface area contributed by atoms with E-state index in [0.29, 0.717) is 38.5 Å². The van der Waals surface area contributed by atoms with E-state index in [1.807, 2.05) is 4.90 Å². The maximum atomic E-state index is 12.9. The van der Waals surface area contributed by atoms with Crippen molar-refractivity contribution in [1.82, 2.24) is 14.7 Å². The van der Waals surface area contributed by atoms with Gasteiger partial charge in [0.25, 0.3) is 5.91 Å². The molecule has 0 N–H and O–H groups in total. The first-order chi connectivity index (χ1) is 13.6. The fourth-order valence-corrected chi connectivity index (χ4v) is 3.75. The largest absolute Gasteiger partial charge is 0.484 e. The molecule has 28 heavy (non-hydrogen) atoms. The third-order valence-electron chi connectivity index (χ3n) is 5.33. The highest BCUT2D eigenvalue weighted by atomic mass is 19.1. The second-order valence-corrected chi connectivity index (χ2v) is 7.14. The van der Waals surface area contributed by atoms with E-state index in [4.69, 9.17) is 9.47 Å². The summed E-state index contributed by atoms with van der Waals surface area (Å²) < 4.78 is 23.5. The molecule has 2 amide bonds. The van der Waals surface area contributed by atoms with Crippen molar-refractivity contribution < 1.29 is 23.5 Å². The third kappa shape index (κ3) is 5.20. The van der Waals surface area contributed by atoms with Crippen molar-refractivity contribution in [2.24, 2.45) is 0 Å². The molecule has 0 spiro atoms. The topological polar surface area (TPSA) is 62.3 Å². The number of nitrogens with zero attached hydrogens (tertiary/aromatic N) is 3. The molecule has 2 saturated heterocycles. The number of carbonyl (C=O) groups is 2. The van der Waals surface area contributed by atoms with Crippen molar-refractivity contribution in [3.05, 3.63) is 30.1 Å². The molecule has 0 radical (unpaired) electrons. The van der Waals surface area contributed by atoms with Crippen molar-refractivity contribution in [3.8, 4) is 5.75 Å². The zero-order valence-electron chi connectivity index (χ0n) is 16.3. The van der Waals surface area contributed by atoms with Gasteiger partial charge in [0.1, 0.15) is 11.6 Å². The predicted molar refractivity (Wildman–Crippen MR) is 102 cm³/mol. The molecule has 1 aromatic carbocycles. The van der Waals surface area contributed by atoms with E-state index in [-0.39, 0.29) is 30.3 Å². The van der Waals surface area contributed by atoms with Crippen LogP contribution in [0.25, 0.3) is 0 Å². The van der Waals surface area contributed by atoms with E-state index in [0.717, 1.165) is 25.9 Å². The Kier molecular flexibility index (Phi) is 7.22. The summed E-state index contributed by atoms with van der Waals surface area (Å²) in [7, 11) is 1.64. The molecular formula is C20H28FN3O4. The third-order valence-corrected chi connectivity index (χ3v) is 5.33. The van der Waals surface area contributed by atoms with Crippen LogP contribution in [0.4, 0.5) is 4.39 Å². The molecular weight excluding hydrogens is 365 g/mol. The minimum atomic E-state index is -0.339. The molecule has 8 heteroatoms. The molecule has 0 saturated carbocycles. The molecule has 2 aliphatic rings. The van der Waals surface area contributed by atoms with Gasteiger partial charge < -0.3 is 19.3 Å². The number of methoxy groups -OCH3 is 1. The minimum Gasteiger partial charge on any atom is -0.484 e. The van der Waals surface area contributed by atoms with Gasteiger partial charge >= 0.3 is 0 Å². The number of likely N-dealkylation sites (tertiary alicyclic amines) is 1. The first-order valence-electron chi connectivity index (χ1n) is 9.76. The van der Waals surface area contributed by atoms with E-state index < -0.39 is 0 Å². The molecule has 0 aromatic heterocycles. The van der Waals surface area contributed by atoms with Crippen LogP contribution in [0.2, 0.25) is 0 Å². The molecule has 2 aliphatic heterocycles. The van der Waals surface area contributed by atoms with E-state index in [2.05, 4.69) is 4.90 Å². The predicted octanol–water partition coefficient (Wildman–Crippen LogP) is 0.986. The molecule has 1 aromatic rings. The van der Waals surface area contributed by atoms with Crippen molar-refractivity contribution in [2.75, 3.05) is 59.6 Å². The average Bonchev–Trinajstić information content (AvgIpc) is 2.91. The monoisotopic (exact) mass is 393 g/mol. The number of hydrogen-bond acceptors (Lipinski definition) is 5. The van der Waals surface area contributed by atoms with Gasteiger partial charge in [-0.2, -0.15) is 0 Å². The summed E-state index contributed by atoms with van der Waals surface area (Å²) in [4.78, 5) is 30.9. The van der Waals surface area contributed by atoms with Crippen LogP contribution in [0, 0.1) is 5.82 Å². The molecule has 0 bridgehead atoms. The average molecular weight is 393 g/mol. The Morgan fingerprint density at radius 3 is 2.68 bits per heavy atom. The number of halogens is 1. The summed E-state index contributed by atoms with van der Waals surface area (Å²) in [6.45, 7) is 4.58. The fraction of sp³-hybridized carbons (Fsp3) is 0.600. The zero-order valence-corrected chi connectivity index (χ0v) is 16.3. The number of amides is 2. The molecule has 7 nitrogen and oxygen atoms in total. The van der Waals surface area contributed by atoms with E-state index in [1.165, 1.54) is 24.3 Å². The Morgan fingerprint density at radius 1 is 1.14 bits per heavy atom. The van der Waals surface area contributed by atoms with Gasteiger partial charge in [0, 0.05) is 46.4 Å². The lowest BCUT2D eigenvalue weighted by Gasteiger charge is -2.26. The molecule has 1 atom stereocenters. The highest BCUT2D eigenvalue weighted by molar-refractivity contribution is 5.84. The van der Waals surface area contributed by atoms with E-state index in [9.17, 15) is 14.0 Å². The maximum Gasteiger partial charge on any atom is 0.260 e. The number of carbonyl (C=O) groups excluding carboxylic acids is 2. The zero-order chi connectivity index (χ0) is 19.9. The summed E-state index contributed by atoms with van der Waals surface area (Å²) in [5.41, 5.74) is 0. The van der Waals surface area contributed by atoms with E-state index >= 15 is 0 Å². The Balaban J connectivity index is 1.47. The van der Waals surface area contributed by atoms with Crippen LogP contribution in [-0.4, -0.2) is 92.1 Å². The van der Waals surface area contributed by atoms with Crippen LogP contribution in [0.15, 0.2) is 24.3 Å².